The van der Waals surface area contributed by atoms with E-state index in [1.54, 1.807) is 24.3 Å². The van der Waals surface area contributed by atoms with Crippen molar-refractivity contribution in [1.29, 1.82) is 0 Å². The number of allylic oxidation sites excluding steroid dienone is 1. The molecule has 0 amide bonds. The minimum atomic E-state index is -5.89. The summed E-state index contributed by atoms with van der Waals surface area (Å²) in [5, 5.41) is 2.42. The van der Waals surface area contributed by atoms with E-state index in [1.165, 1.54) is 0 Å². The van der Waals surface area contributed by atoms with Crippen molar-refractivity contribution in [2.75, 3.05) is 5.32 Å². The first kappa shape index (κ1) is 15.1. The van der Waals surface area contributed by atoms with Crippen LogP contribution < -0.4 is 5.32 Å². The molecule has 1 aromatic carbocycles. The lowest BCUT2D eigenvalue weighted by molar-refractivity contribution is -0.266. The molecule has 1 rings (SSSR count). The largest absolute Gasteiger partial charge is 0.461 e. The molecule has 0 aliphatic heterocycles. The number of aryl methyl sites for hydroxylation is 1. The predicted molar refractivity (Wildman–Crippen MR) is 60.0 cm³/mol. The zero-order valence-electron chi connectivity index (χ0n) is 9.76. The summed E-state index contributed by atoms with van der Waals surface area (Å²) in [6.07, 6.45) is -4.99. The van der Waals surface area contributed by atoms with Crippen LogP contribution in [0.25, 0.3) is 0 Å². The van der Waals surface area contributed by atoms with Crippen LogP contribution in [0.3, 0.4) is 0 Å². The lowest BCUT2D eigenvalue weighted by atomic mass is 10.2. The third-order valence-corrected chi connectivity index (χ3v) is 2.20. The Kier molecular flexibility index (Phi) is 4.28. The van der Waals surface area contributed by atoms with Crippen molar-refractivity contribution in [3.8, 4) is 0 Å². The molecular weight excluding hydrogens is 269 g/mol. The summed E-state index contributed by atoms with van der Waals surface area (Å²) in [6, 6.07) is 6.60. The molecule has 0 atom stereocenters. The minimum Gasteiger partial charge on any atom is -0.362 e. The molecule has 0 aliphatic rings. The van der Waals surface area contributed by atoms with Crippen LogP contribution in [0.5, 0.6) is 0 Å². The number of nitrogens with one attached hydrogen (secondary N) is 1. The smallest absolute Gasteiger partial charge is 0.362 e. The van der Waals surface area contributed by atoms with Crippen LogP contribution in [0.15, 0.2) is 36.5 Å². The maximum atomic E-state index is 12.5. The van der Waals surface area contributed by atoms with E-state index in [2.05, 4.69) is 5.32 Å². The van der Waals surface area contributed by atoms with Crippen molar-refractivity contribution >= 4 is 11.5 Å². The van der Waals surface area contributed by atoms with Gasteiger partial charge in [0.1, 0.15) is 0 Å². The van der Waals surface area contributed by atoms with Crippen LogP contribution in [0.2, 0.25) is 0 Å². The van der Waals surface area contributed by atoms with Crippen LogP contribution in [-0.2, 0) is 4.79 Å². The highest BCUT2D eigenvalue weighted by Gasteiger charge is 2.62. The molecule has 7 heteroatoms. The fraction of sp³-hybridized carbons (Fsp3) is 0.250. The van der Waals surface area contributed by atoms with Crippen LogP contribution in [0.1, 0.15) is 5.56 Å². The number of carbonyl (C=O) groups is 1. The van der Waals surface area contributed by atoms with Crippen LogP contribution in [0, 0.1) is 6.92 Å². The molecule has 0 bridgehead atoms. The Bertz CT molecular complexity index is 476. The second-order valence-electron chi connectivity index (χ2n) is 3.78. The molecule has 1 N–H and O–H groups in total. The number of anilines is 1. The van der Waals surface area contributed by atoms with Crippen molar-refractivity contribution in [1.82, 2.24) is 0 Å². The number of halogens is 5. The molecule has 0 heterocycles. The summed E-state index contributed by atoms with van der Waals surface area (Å²) in [5.74, 6) is -7.70. The number of ketones is 1. The van der Waals surface area contributed by atoms with Gasteiger partial charge in [0.05, 0.1) is 0 Å². The number of benzene rings is 1. The second kappa shape index (κ2) is 5.38. The Hall–Kier alpha value is -1.92. The standard InChI is InChI=1S/C12H10F5NO/c1-8-2-4-9(5-3-8)18-7-6-10(19)11(13,14)12(15,16)17/h2-7,18H,1H3/b7-6+. The fourth-order valence-corrected chi connectivity index (χ4v) is 1.11. The summed E-state index contributed by atoms with van der Waals surface area (Å²) in [4.78, 5) is 10.8. The molecule has 0 unspecified atom stereocenters. The quantitative estimate of drug-likeness (QED) is 0.672. The van der Waals surface area contributed by atoms with Crippen LogP contribution in [0.4, 0.5) is 27.6 Å². The van der Waals surface area contributed by atoms with Gasteiger partial charge in [-0.05, 0) is 19.1 Å². The van der Waals surface area contributed by atoms with E-state index in [0.717, 1.165) is 11.8 Å². The molecule has 2 nitrogen and oxygen atoms in total. The predicted octanol–water partition coefficient (Wildman–Crippen LogP) is 3.69. The van der Waals surface area contributed by atoms with Crippen LogP contribution in [-0.4, -0.2) is 17.9 Å². The highest BCUT2D eigenvalue weighted by atomic mass is 19.4. The Morgan fingerprint density at radius 1 is 1.11 bits per heavy atom. The number of rotatable bonds is 4. The number of hydrogen-bond acceptors (Lipinski definition) is 2. The van der Waals surface area contributed by atoms with Gasteiger partial charge < -0.3 is 5.32 Å². The summed E-state index contributed by atoms with van der Waals surface area (Å²) >= 11 is 0. The molecule has 0 fully saturated rings. The van der Waals surface area contributed by atoms with E-state index in [1.807, 2.05) is 6.92 Å². The Morgan fingerprint density at radius 2 is 1.63 bits per heavy atom. The molecule has 19 heavy (non-hydrogen) atoms. The van der Waals surface area contributed by atoms with E-state index < -0.39 is 17.9 Å². The average molecular weight is 279 g/mol. The number of alkyl halides is 5. The monoisotopic (exact) mass is 279 g/mol. The number of hydrogen-bond donors (Lipinski definition) is 1. The topological polar surface area (TPSA) is 29.1 Å². The minimum absolute atomic E-state index is 0.160. The normalized spacial score (nSPS) is 12.7. The zero-order chi connectivity index (χ0) is 14.7. The van der Waals surface area contributed by atoms with Gasteiger partial charge in [-0.25, -0.2) is 0 Å². The third kappa shape index (κ3) is 3.77. The maximum Gasteiger partial charge on any atom is 0.461 e. The molecule has 0 aromatic heterocycles. The molecule has 0 saturated heterocycles. The fourth-order valence-electron chi connectivity index (χ4n) is 1.11. The highest BCUT2D eigenvalue weighted by molar-refractivity contribution is 5.96. The highest BCUT2D eigenvalue weighted by Crippen LogP contribution is 2.36. The van der Waals surface area contributed by atoms with E-state index in [-0.39, 0.29) is 6.08 Å². The van der Waals surface area contributed by atoms with Gasteiger partial charge in [0.15, 0.2) is 0 Å². The van der Waals surface area contributed by atoms with Crippen molar-refractivity contribution in [3.63, 3.8) is 0 Å². The summed E-state index contributed by atoms with van der Waals surface area (Å²) < 4.78 is 60.7. The van der Waals surface area contributed by atoms with Gasteiger partial charge in [0.2, 0.25) is 5.78 Å². The SMILES string of the molecule is Cc1ccc(N/C=C/C(=O)C(F)(F)C(F)(F)F)cc1. The van der Waals surface area contributed by atoms with Crippen LogP contribution >= 0.6 is 0 Å². The van der Waals surface area contributed by atoms with Gasteiger partial charge in [-0.1, -0.05) is 17.7 Å². The Morgan fingerprint density at radius 3 is 2.11 bits per heavy atom. The van der Waals surface area contributed by atoms with E-state index in [0.29, 0.717) is 5.69 Å². The lowest BCUT2D eigenvalue weighted by Crippen LogP contribution is -2.43. The first-order valence-electron chi connectivity index (χ1n) is 5.13. The van der Waals surface area contributed by atoms with Gasteiger partial charge in [0.25, 0.3) is 0 Å². The summed E-state index contributed by atoms with van der Waals surface area (Å²) in [5.41, 5.74) is 1.42. The second-order valence-corrected chi connectivity index (χ2v) is 3.78. The lowest BCUT2D eigenvalue weighted by Gasteiger charge is -2.16. The zero-order valence-corrected chi connectivity index (χ0v) is 9.76. The van der Waals surface area contributed by atoms with E-state index in [4.69, 9.17) is 0 Å². The van der Waals surface area contributed by atoms with Gasteiger partial charge in [0, 0.05) is 18.0 Å². The first-order chi connectivity index (χ1) is 8.64. The van der Waals surface area contributed by atoms with Gasteiger partial charge in [-0.3, -0.25) is 4.79 Å². The molecular formula is C12H10F5NO. The summed E-state index contributed by atoms with van der Waals surface area (Å²) in [6.45, 7) is 1.83. The molecule has 0 spiro atoms. The van der Waals surface area contributed by atoms with Gasteiger partial charge >= 0.3 is 12.1 Å². The molecule has 104 valence electrons. The van der Waals surface area contributed by atoms with Crippen molar-refractivity contribution in [2.24, 2.45) is 0 Å². The molecule has 0 saturated carbocycles. The van der Waals surface area contributed by atoms with Gasteiger partial charge in [-0.2, -0.15) is 22.0 Å². The Balaban J connectivity index is 2.67. The van der Waals surface area contributed by atoms with E-state index >= 15 is 0 Å². The van der Waals surface area contributed by atoms with Crippen molar-refractivity contribution in [3.05, 3.63) is 42.1 Å². The van der Waals surface area contributed by atoms with Crippen molar-refractivity contribution in [2.45, 2.75) is 19.0 Å². The molecule has 0 radical (unpaired) electrons. The number of carbonyl (C=O) groups excluding carboxylic acids is 1. The van der Waals surface area contributed by atoms with Crippen molar-refractivity contribution < 1.29 is 26.7 Å². The first-order valence-corrected chi connectivity index (χ1v) is 5.13. The van der Waals surface area contributed by atoms with E-state index in [9.17, 15) is 26.7 Å². The molecule has 1 aromatic rings. The molecule has 0 aliphatic carbocycles. The summed E-state index contributed by atoms with van der Waals surface area (Å²) in [7, 11) is 0. The Labute approximate surface area is 105 Å². The third-order valence-electron chi connectivity index (χ3n) is 2.20. The maximum absolute atomic E-state index is 12.5. The van der Waals surface area contributed by atoms with Gasteiger partial charge in [-0.15, -0.1) is 0 Å². The average Bonchev–Trinajstić information content (AvgIpc) is 2.30.